The monoisotopic (exact) mass is 465 g/mol. The van der Waals surface area contributed by atoms with E-state index < -0.39 is 5.92 Å². The number of hydrogen-bond acceptors (Lipinski definition) is 6. The highest BCUT2D eigenvalue weighted by Crippen LogP contribution is 2.44. The first kappa shape index (κ1) is 21.7. The first-order chi connectivity index (χ1) is 16.5. The van der Waals surface area contributed by atoms with Crippen molar-refractivity contribution >= 4 is 22.3 Å². The molecule has 0 saturated carbocycles. The summed E-state index contributed by atoms with van der Waals surface area (Å²) in [5.41, 5.74) is 4.69. The van der Waals surface area contributed by atoms with Crippen LogP contribution < -0.4 is 10.2 Å². The maximum absolute atomic E-state index is 14.3. The predicted octanol–water partition coefficient (Wildman–Crippen LogP) is 4.36. The van der Waals surface area contributed by atoms with E-state index in [4.69, 9.17) is 4.74 Å². The molecule has 3 aliphatic rings. The van der Waals surface area contributed by atoms with Crippen molar-refractivity contribution in [2.45, 2.75) is 37.8 Å². The Labute approximate surface area is 197 Å². The van der Waals surface area contributed by atoms with Gasteiger partial charge < -0.3 is 15.0 Å². The lowest BCUT2D eigenvalue weighted by Crippen LogP contribution is -2.58. The Kier molecular flexibility index (Phi) is 5.37. The second-order valence-electron chi connectivity index (χ2n) is 9.61. The van der Waals surface area contributed by atoms with Crippen molar-refractivity contribution in [3.8, 4) is 0 Å². The number of morpholine rings is 1. The summed E-state index contributed by atoms with van der Waals surface area (Å²) in [5.74, 6) is -2.74. The van der Waals surface area contributed by atoms with Gasteiger partial charge in [0.2, 0.25) is 0 Å². The highest BCUT2D eigenvalue weighted by molar-refractivity contribution is 5.93. The zero-order valence-electron chi connectivity index (χ0n) is 19.3. The quantitative estimate of drug-likeness (QED) is 0.618. The number of halogens is 2. The van der Waals surface area contributed by atoms with Crippen LogP contribution in [0.15, 0.2) is 42.6 Å². The van der Waals surface area contributed by atoms with Crippen molar-refractivity contribution in [3.63, 3.8) is 0 Å². The first-order valence-electron chi connectivity index (χ1n) is 12.1. The maximum atomic E-state index is 14.3. The number of anilines is 2. The van der Waals surface area contributed by atoms with Crippen LogP contribution in [-0.4, -0.2) is 60.5 Å². The van der Waals surface area contributed by atoms with Gasteiger partial charge in [-0.3, -0.25) is 4.90 Å². The van der Waals surface area contributed by atoms with Gasteiger partial charge in [-0.2, -0.15) is 10.2 Å². The minimum Gasteiger partial charge on any atom is -0.378 e. The van der Waals surface area contributed by atoms with Gasteiger partial charge in [0.1, 0.15) is 0 Å². The normalized spacial score (nSPS) is 22.9. The number of nitrogens with zero attached hydrogens (tertiary/aromatic N) is 4. The molecule has 3 heterocycles. The highest BCUT2D eigenvalue weighted by atomic mass is 19.3. The zero-order valence-corrected chi connectivity index (χ0v) is 19.3. The number of rotatable bonds is 4. The van der Waals surface area contributed by atoms with Gasteiger partial charge in [-0.25, -0.2) is 8.78 Å². The standard InChI is InChI=1S/C26H29F2N5O/c1-17(20-3-2-4-23-21(20)7-8-26(23,27)28)30-25-14-29-31-24-6-5-18(13-22(24)25)33-10-9-32-11-12-34-16-19(32)15-33/h2-6,13-14,17,19H,7-12,15-16H2,1H3,(H,30,31)/t17-,19+/m1/s1. The summed E-state index contributed by atoms with van der Waals surface area (Å²) in [6.45, 7) is 7.57. The van der Waals surface area contributed by atoms with Crippen molar-refractivity contribution in [1.29, 1.82) is 0 Å². The summed E-state index contributed by atoms with van der Waals surface area (Å²) < 4.78 is 34.3. The van der Waals surface area contributed by atoms with Crippen LogP contribution in [0.3, 0.4) is 0 Å². The SMILES string of the molecule is C[C@@H](Nc1cnnc2ccc(N3CCN4CCOC[C@@H]4C3)cc12)c1cccc2c1CCC2(F)F. The van der Waals surface area contributed by atoms with E-state index in [1.807, 2.05) is 19.1 Å². The Morgan fingerprint density at radius 3 is 3.00 bits per heavy atom. The number of alkyl halides is 2. The fourth-order valence-corrected chi connectivity index (χ4v) is 5.70. The molecule has 2 atom stereocenters. The molecule has 34 heavy (non-hydrogen) atoms. The first-order valence-corrected chi connectivity index (χ1v) is 12.1. The molecule has 0 spiro atoms. The third-order valence-electron chi connectivity index (χ3n) is 7.56. The third-order valence-corrected chi connectivity index (χ3v) is 7.56. The minimum absolute atomic E-state index is 0.117. The van der Waals surface area contributed by atoms with E-state index in [2.05, 4.69) is 37.4 Å². The number of piperazine rings is 1. The Morgan fingerprint density at radius 2 is 2.09 bits per heavy atom. The second-order valence-corrected chi connectivity index (χ2v) is 9.61. The molecule has 0 unspecified atom stereocenters. The largest absolute Gasteiger partial charge is 0.378 e. The van der Waals surface area contributed by atoms with Crippen molar-refractivity contribution in [3.05, 3.63) is 59.3 Å². The molecule has 2 aliphatic heterocycles. The summed E-state index contributed by atoms with van der Waals surface area (Å²) in [6.07, 6.45) is 2.02. The molecule has 0 bridgehead atoms. The van der Waals surface area contributed by atoms with Crippen LogP contribution in [-0.2, 0) is 17.1 Å². The Hall–Kier alpha value is -2.84. The molecule has 6 rings (SSSR count). The topological polar surface area (TPSA) is 53.5 Å². The van der Waals surface area contributed by atoms with Crippen LogP contribution in [0.2, 0.25) is 0 Å². The van der Waals surface area contributed by atoms with E-state index in [1.54, 1.807) is 18.3 Å². The third kappa shape index (κ3) is 3.79. The molecule has 2 aromatic carbocycles. The Morgan fingerprint density at radius 1 is 1.18 bits per heavy atom. The zero-order chi connectivity index (χ0) is 23.3. The maximum Gasteiger partial charge on any atom is 0.273 e. The highest BCUT2D eigenvalue weighted by Gasteiger charge is 2.40. The van der Waals surface area contributed by atoms with Gasteiger partial charge in [0, 0.05) is 55.3 Å². The smallest absolute Gasteiger partial charge is 0.273 e. The summed E-state index contributed by atoms with van der Waals surface area (Å²) in [6, 6.07) is 11.8. The second kappa shape index (κ2) is 8.43. The number of hydrogen-bond donors (Lipinski definition) is 1. The molecule has 6 nitrogen and oxygen atoms in total. The summed E-state index contributed by atoms with van der Waals surface area (Å²) in [4.78, 5) is 4.93. The lowest BCUT2D eigenvalue weighted by molar-refractivity contribution is -0.0116. The molecule has 2 saturated heterocycles. The van der Waals surface area contributed by atoms with Gasteiger partial charge in [-0.1, -0.05) is 18.2 Å². The number of aromatic nitrogens is 2. The van der Waals surface area contributed by atoms with E-state index in [0.717, 1.165) is 72.8 Å². The molecule has 0 radical (unpaired) electrons. The van der Waals surface area contributed by atoms with Crippen LogP contribution in [0.4, 0.5) is 20.2 Å². The fourth-order valence-electron chi connectivity index (χ4n) is 5.70. The minimum atomic E-state index is -2.74. The van der Waals surface area contributed by atoms with Gasteiger partial charge in [-0.15, -0.1) is 0 Å². The molecule has 0 amide bonds. The van der Waals surface area contributed by atoms with E-state index in [-0.39, 0.29) is 18.0 Å². The number of nitrogens with one attached hydrogen (secondary N) is 1. The number of fused-ring (bicyclic) bond motifs is 3. The van der Waals surface area contributed by atoms with Gasteiger partial charge in [-0.05, 0) is 42.7 Å². The summed E-state index contributed by atoms with van der Waals surface area (Å²) >= 11 is 0. The van der Waals surface area contributed by atoms with Crippen LogP contribution in [0.5, 0.6) is 0 Å². The lowest BCUT2D eigenvalue weighted by atomic mass is 9.97. The average molecular weight is 466 g/mol. The predicted molar refractivity (Wildman–Crippen MR) is 129 cm³/mol. The Bertz CT molecular complexity index is 1220. The van der Waals surface area contributed by atoms with Gasteiger partial charge in [0.25, 0.3) is 5.92 Å². The molecule has 8 heteroatoms. The number of ether oxygens (including phenoxy) is 1. The van der Waals surface area contributed by atoms with Gasteiger partial charge in [0.15, 0.2) is 0 Å². The molecular weight excluding hydrogens is 436 g/mol. The van der Waals surface area contributed by atoms with E-state index in [0.29, 0.717) is 12.5 Å². The van der Waals surface area contributed by atoms with Gasteiger partial charge >= 0.3 is 0 Å². The van der Waals surface area contributed by atoms with Gasteiger partial charge in [0.05, 0.1) is 36.7 Å². The van der Waals surface area contributed by atoms with Crippen LogP contribution >= 0.6 is 0 Å². The Balaban J connectivity index is 1.28. The molecule has 3 aromatic rings. The van der Waals surface area contributed by atoms with E-state index >= 15 is 0 Å². The lowest BCUT2D eigenvalue weighted by Gasteiger charge is -2.44. The summed E-state index contributed by atoms with van der Waals surface area (Å²) in [5, 5.41) is 13.0. The molecule has 2 fully saturated rings. The molecule has 178 valence electrons. The van der Waals surface area contributed by atoms with E-state index in [9.17, 15) is 8.78 Å². The average Bonchev–Trinajstić information content (AvgIpc) is 3.18. The molecular formula is C26H29F2N5O. The summed E-state index contributed by atoms with van der Waals surface area (Å²) in [7, 11) is 0. The van der Waals surface area contributed by atoms with Crippen molar-refractivity contribution in [1.82, 2.24) is 15.1 Å². The van der Waals surface area contributed by atoms with Crippen molar-refractivity contribution < 1.29 is 13.5 Å². The van der Waals surface area contributed by atoms with Crippen LogP contribution in [0, 0.1) is 0 Å². The van der Waals surface area contributed by atoms with Crippen molar-refractivity contribution in [2.24, 2.45) is 0 Å². The van der Waals surface area contributed by atoms with Crippen LogP contribution in [0.1, 0.15) is 36.1 Å². The van der Waals surface area contributed by atoms with E-state index in [1.165, 1.54) is 0 Å². The fraction of sp³-hybridized carbons (Fsp3) is 0.462. The molecule has 1 N–H and O–H groups in total. The molecule has 1 aliphatic carbocycles. The van der Waals surface area contributed by atoms with Crippen molar-refractivity contribution in [2.75, 3.05) is 49.6 Å². The number of benzene rings is 2. The van der Waals surface area contributed by atoms with Crippen LogP contribution in [0.25, 0.3) is 10.9 Å². The molecule has 1 aromatic heterocycles.